The van der Waals surface area contributed by atoms with Gasteiger partial charge in [0.2, 0.25) is 11.8 Å². The van der Waals surface area contributed by atoms with Crippen LogP contribution in [0.15, 0.2) is 29.6 Å². The first-order valence-corrected chi connectivity index (χ1v) is 13.3. The molecule has 5 fully saturated rings. The number of amides is 2. The van der Waals surface area contributed by atoms with Crippen molar-refractivity contribution < 1.29 is 9.59 Å². The van der Waals surface area contributed by atoms with E-state index in [0.717, 1.165) is 46.3 Å². The summed E-state index contributed by atoms with van der Waals surface area (Å²) in [6.07, 6.45) is 9.51. The van der Waals surface area contributed by atoms with Crippen LogP contribution in [0, 0.1) is 17.8 Å². The first kappa shape index (κ1) is 21.3. The van der Waals surface area contributed by atoms with Crippen LogP contribution in [-0.4, -0.2) is 22.3 Å². The van der Waals surface area contributed by atoms with E-state index >= 15 is 0 Å². The van der Waals surface area contributed by atoms with Gasteiger partial charge in [0, 0.05) is 29.6 Å². The Morgan fingerprint density at radius 2 is 1.70 bits per heavy atom. The Labute approximate surface area is 199 Å². The Balaban J connectivity index is 1.01. The van der Waals surface area contributed by atoms with Crippen LogP contribution in [0.3, 0.4) is 0 Å². The molecule has 1 unspecified atom stereocenters. The molecule has 3 N–H and O–H groups in total. The van der Waals surface area contributed by atoms with Crippen molar-refractivity contribution >= 4 is 28.8 Å². The summed E-state index contributed by atoms with van der Waals surface area (Å²) in [5, 5.41) is 13.1. The minimum absolute atomic E-state index is 0.175. The highest BCUT2D eigenvalue weighted by atomic mass is 32.1. The van der Waals surface area contributed by atoms with Crippen molar-refractivity contribution in [2.45, 2.75) is 75.9 Å². The first-order chi connectivity index (χ1) is 16.0. The van der Waals surface area contributed by atoms with Gasteiger partial charge in [-0.3, -0.25) is 14.9 Å². The third-order valence-electron chi connectivity index (χ3n) is 8.28. The quantitative estimate of drug-likeness (QED) is 0.531. The summed E-state index contributed by atoms with van der Waals surface area (Å²) in [6.45, 7) is 1.57. The van der Waals surface area contributed by atoms with Crippen molar-refractivity contribution in [1.82, 2.24) is 15.6 Å². The second-order valence-electron chi connectivity index (χ2n) is 10.8. The number of rotatable bonds is 7. The van der Waals surface area contributed by atoms with Crippen molar-refractivity contribution in [1.29, 1.82) is 0 Å². The zero-order chi connectivity index (χ0) is 22.4. The van der Waals surface area contributed by atoms with Crippen molar-refractivity contribution in [3.8, 4) is 0 Å². The maximum absolute atomic E-state index is 12.1. The fourth-order valence-corrected chi connectivity index (χ4v) is 7.87. The number of carbonyl (C=O) groups excluding carboxylic acids is 2. The number of benzene rings is 1. The van der Waals surface area contributed by atoms with Gasteiger partial charge in [0.25, 0.3) is 0 Å². The molecule has 174 valence electrons. The van der Waals surface area contributed by atoms with E-state index in [-0.39, 0.29) is 17.7 Å². The Morgan fingerprint density at radius 1 is 1.00 bits per heavy atom. The molecular weight excluding hydrogens is 432 g/mol. The molecule has 5 aliphatic rings. The molecule has 0 radical (unpaired) electrons. The Morgan fingerprint density at radius 3 is 2.36 bits per heavy atom. The molecule has 2 heterocycles. The number of carbonyl (C=O) groups is 2. The monoisotopic (exact) mass is 464 g/mol. The van der Waals surface area contributed by atoms with Gasteiger partial charge in [0.15, 0.2) is 0 Å². The van der Waals surface area contributed by atoms with Crippen LogP contribution in [0.1, 0.15) is 73.5 Å². The normalized spacial score (nSPS) is 32.7. The van der Waals surface area contributed by atoms with Crippen LogP contribution in [0.5, 0.6) is 0 Å². The summed E-state index contributed by atoms with van der Waals surface area (Å²) < 4.78 is 0. The van der Waals surface area contributed by atoms with Gasteiger partial charge in [-0.25, -0.2) is 4.98 Å². The fraction of sp³-hybridized carbons (Fsp3) is 0.577. The lowest BCUT2D eigenvalue weighted by molar-refractivity contribution is -0.134. The van der Waals surface area contributed by atoms with Crippen LogP contribution >= 0.6 is 11.3 Å². The largest absolute Gasteiger partial charge is 0.379 e. The van der Waals surface area contributed by atoms with E-state index < -0.39 is 0 Å². The molecular formula is C26H32N4O2S. The number of aromatic nitrogens is 1. The van der Waals surface area contributed by atoms with Crippen molar-refractivity contribution in [3.05, 3.63) is 45.9 Å². The van der Waals surface area contributed by atoms with Crippen LogP contribution < -0.4 is 16.0 Å². The molecule has 6 nitrogen and oxygen atoms in total. The van der Waals surface area contributed by atoms with Gasteiger partial charge >= 0.3 is 0 Å². The van der Waals surface area contributed by atoms with E-state index in [1.807, 2.05) is 24.3 Å². The number of nitrogens with one attached hydrogen (secondary N) is 3. The van der Waals surface area contributed by atoms with E-state index in [1.54, 1.807) is 11.3 Å². The van der Waals surface area contributed by atoms with Crippen LogP contribution in [0.2, 0.25) is 0 Å². The Kier molecular flexibility index (Phi) is 5.49. The maximum Gasteiger partial charge on any atom is 0.234 e. The predicted molar refractivity (Wildman–Crippen MR) is 129 cm³/mol. The number of hydrogen-bond acceptors (Lipinski definition) is 6. The molecule has 2 amide bonds. The maximum atomic E-state index is 12.1. The molecule has 0 spiro atoms. The molecule has 4 bridgehead atoms. The summed E-state index contributed by atoms with van der Waals surface area (Å²) in [5.41, 5.74) is 3.49. The number of piperidine rings is 1. The molecule has 7 rings (SSSR count). The number of nitrogens with zero attached hydrogens (tertiary/aromatic N) is 1. The number of thiazole rings is 1. The van der Waals surface area contributed by atoms with Gasteiger partial charge in [-0.2, -0.15) is 0 Å². The van der Waals surface area contributed by atoms with Crippen molar-refractivity contribution in [3.63, 3.8) is 0 Å². The number of hydrogen-bond donors (Lipinski definition) is 3. The number of anilines is 1. The van der Waals surface area contributed by atoms with E-state index in [4.69, 9.17) is 4.98 Å². The van der Waals surface area contributed by atoms with Gasteiger partial charge in [-0.05, 0) is 80.4 Å². The van der Waals surface area contributed by atoms with Gasteiger partial charge < -0.3 is 10.6 Å². The second kappa shape index (κ2) is 8.51. The molecule has 7 heteroatoms. The molecule has 1 atom stereocenters. The summed E-state index contributed by atoms with van der Waals surface area (Å²) in [5.74, 6) is 2.27. The third kappa shape index (κ3) is 4.45. The molecule has 1 saturated heterocycles. The molecule has 1 aromatic carbocycles. The third-order valence-corrected chi connectivity index (χ3v) is 9.18. The minimum atomic E-state index is -0.236. The standard InChI is InChI=1S/C26H32N4O2S/c31-23-6-5-22(25(32)30-23)19-1-3-20(4-2-19)27-14-24-29-21(15-33-24)13-28-26-10-16-7-17(11-26)9-18(8-16)12-26/h1-4,15-18,22,27-28H,5-14H2,(H,30,31,32). The lowest BCUT2D eigenvalue weighted by atomic mass is 9.53. The molecule has 33 heavy (non-hydrogen) atoms. The van der Waals surface area contributed by atoms with Crippen molar-refractivity contribution in [2.75, 3.05) is 5.32 Å². The first-order valence-electron chi connectivity index (χ1n) is 12.4. The summed E-state index contributed by atoms with van der Waals surface area (Å²) in [7, 11) is 0. The van der Waals surface area contributed by atoms with E-state index in [0.29, 0.717) is 24.9 Å². The van der Waals surface area contributed by atoms with Gasteiger partial charge in [-0.15, -0.1) is 11.3 Å². The molecule has 1 aliphatic heterocycles. The predicted octanol–water partition coefficient (Wildman–Crippen LogP) is 4.33. The fourth-order valence-electron chi connectivity index (χ4n) is 7.14. The SMILES string of the molecule is O=C1CCC(c2ccc(NCc3nc(CNC45CC6CC(CC(C6)C4)C5)cs3)cc2)C(=O)N1. The Bertz CT molecular complexity index is 1010. The zero-order valence-electron chi connectivity index (χ0n) is 18.9. The zero-order valence-corrected chi connectivity index (χ0v) is 19.8. The highest BCUT2D eigenvalue weighted by Gasteiger charge is 2.50. The van der Waals surface area contributed by atoms with E-state index in [9.17, 15) is 9.59 Å². The van der Waals surface area contributed by atoms with Gasteiger partial charge in [-0.1, -0.05) is 12.1 Å². The molecule has 2 aromatic rings. The molecule has 4 saturated carbocycles. The summed E-state index contributed by atoms with van der Waals surface area (Å²) in [6, 6.07) is 7.96. The topological polar surface area (TPSA) is 83.1 Å². The average molecular weight is 465 g/mol. The van der Waals surface area contributed by atoms with Crippen LogP contribution in [0.25, 0.3) is 0 Å². The highest BCUT2D eigenvalue weighted by molar-refractivity contribution is 7.09. The van der Waals surface area contributed by atoms with Gasteiger partial charge in [0.05, 0.1) is 18.2 Å². The van der Waals surface area contributed by atoms with Crippen molar-refractivity contribution in [2.24, 2.45) is 17.8 Å². The average Bonchev–Trinajstić information content (AvgIpc) is 3.24. The molecule has 4 aliphatic carbocycles. The smallest absolute Gasteiger partial charge is 0.234 e. The van der Waals surface area contributed by atoms with E-state index in [2.05, 4.69) is 21.3 Å². The minimum Gasteiger partial charge on any atom is -0.379 e. The molecule has 1 aromatic heterocycles. The Hall–Kier alpha value is -2.25. The number of imide groups is 1. The van der Waals surface area contributed by atoms with E-state index in [1.165, 1.54) is 38.5 Å². The summed E-state index contributed by atoms with van der Waals surface area (Å²) >= 11 is 1.71. The highest BCUT2D eigenvalue weighted by Crippen LogP contribution is 2.55. The lowest BCUT2D eigenvalue weighted by Gasteiger charge is -2.57. The second-order valence-corrected chi connectivity index (χ2v) is 11.7. The van der Waals surface area contributed by atoms with Crippen LogP contribution in [-0.2, 0) is 22.7 Å². The lowest BCUT2D eigenvalue weighted by Crippen LogP contribution is -2.58. The van der Waals surface area contributed by atoms with Gasteiger partial charge in [0.1, 0.15) is 5.01 Å². The summed E-state index contributed by atoms with van der Waals surface area (Å²) in [4.78, 5) is 28.3. The van der Waals surface area contributed by atoms with Crippen LogP contribution in [0.4, 0.5) is 5.69 Å².